The Labute approximate surface area is 126 Å². The predicted molar refractivity (Wildman–Crippen MR) is 76.0 cm³/mol. The molecule has 1 heterocycles. The van der Waals surface area contributed by atoms with Crippen LogP contribution in [0.25, 0.3) is 0 Å². The van der Waals surface area contributed by atoms with Crippen molar-refractivity contribution >= 4 is 58.0 Å². The van der Waals surface area contributed by atoms with Crippen LogP contribution >= 0.6 is 47.0 Å². The Morgan fingerprint density at radius 3 is 2.33 bits per heavy atom. The Bertz CT molecular complexity index is 319. The predicted octanol–water partition coefficient (Wildman–Crippen LogP) is 1.03. The van der Waals surface area contributed by atoms with E-state index in [0.29, 0.717) is 31.4 Å². The zero-order chi connectivity index (χ0) is 13.8. The minimum absolute atomic E-state index is 0.316. The first-order chi connectivity index (χ1) is 8.30. The second-order valence-corrected chi connectivity index (χ2v) is 6.48. The molecule has 18 heavy (non-hydrogen) atoms. The van der Waals surface area contributed by atoms with Gasteiger partial charge in [-0.3, -0.25) is 4.79 Å². The number of halogens is 3. The number of rotatable bonds is 2. The number of hydrogen-bond acceptors (Lipinski definition) is 3. The number of hydrogen-bond donors (Lipinski definition) is 2. The first-order valence-electron chi connectivity index (χ1n) is 5.27. The molecule has 0 unspecified atom stereocenters. The SMILES string of the molecule is CC(=O)N[C@H](NC(=S)N1CCOCC1)C(Cl)(Cl)Cl. The van der Waals surface area contributed by atoms with Gasteiger partial charge in [0, 0.05) is 20.0 Å². The lowest BCUT2D eigenvalue weighted by molar-refractivity contribution is -0.119. The first kappa shape index (κ1) is 16.0. The van der Waals surface area contributed by atoms with Gasteiger partial charge in [-0.1, -0.05) is 34.8 Å². The number of alkyl halides is 3. The van der Waals surface area contributed by atoms with Gasteiger partial charge in [-0.25, -0.2) is 0 Å². The molecule has 0 aromatic rings. The summed E-state index contributed by atoms with van der Waals surface area (Å²) in [5, 5.41) is 5.75. The van der Waals surface area contributed by atoms with Crippen molar-refractivity contribution in [3.8, 4) is 0 Å². The largest absolute Gasteiger partial charge is 0.378 e. The van der Waals surface area contributed by atoms with E-state index in [4.69, 9.17) is 51.8 Å². The fraction of sp³-hybridized carbons (Fsp3) is 0.778. The van der Waals surface area contributed by atoms with Crippen molar-refractivity contribution in [2.24, 2.45) is 0 Å². The van der Waals surface area contributed by atoms with E-state index < -0.39 is 9.96 Å². The van der Waals surface area contributed by atoms with Gasteiger partial charge in [0.05, 0.1) is 13.2 Å². The van der Waals surface area contributed by atoms with Gasteiger partial charge in [-0.05, 0) is 12.2 Å². The van der Waals surface area contributed by atoms with Gasteiger partial charge < -0.3 is 20.3 Å². The highest BCUT2D eigenvalue weighted by molar-refractivity contribution is 7.80. The molecule has 1 atom stereocenters. The number of ether oxygens (including phenoxy) is 1. The smallest absolute Gasteiger partial charge is 0.228 e. The molecule has 5 nitrogen and oxygen atoms in total. The fourth-order valence-corrected chi connectivity index (χ4v) is 2.01. The van der Waals surface area contributed by atoms with Crippen LogP contribution in [-0.2, 0) is 9.53 Å². The average Bonchev–Trinajstić information content (AvgIpc) is 2.27. The van der Waals surface area contributed by atoms with Crippen LogP contribution in [0.2, 0.25) is 0 Å². The summed E-state index contributed by atoms with van der Waals surface area (Å²) in [7, 11) is 0. The van der Waals surface area contributed by atoms with Crippen molar-refractivity contribution < 1.29 is 9.53 Å². The molecule has 0 saturated carbocycles. The average molecular weight is 335 g/mol. The van der Waals surface area contributed by atoms with E-state index >= 15 is 0 Å². The van der Waals surface area contributed by atoms with Crippen LogP contribution < -0.4 is 10.6 Å². The summed E-state index contributed by atoms with van der Waals surface area (Å²) in [6.07, 6.45) is -0.879. The molecule has 9 heteroatoms. The zero-order valence-corrected chi connectivity index (χ0v) is 12.8. The van der Waals surface area contributed by atoms with E-state index in [2.05, 4.69) is 10.6 Å². The Morgan fingerprint density at radius 1 is 1.33 bits per heavy atom. The molecular formula is C9H14Cl3N3O2S. The van der Waals surface area contributed by atoms with Crippen LogP contribution in [0.4, 0.5) is 0 Å². The number of morpholine rings is 1. The number of nitrogens with one attached hydrogen (secondary N) is 2. The maximum Gasteiger partial charge on any atom is 0.228 e. The van der Waals surface area contributed by atoms with Gasteiger partial charge in [-0.15, -0.1) is 0 Å². The molecule has 0 spiro atoms. The summed E-state index contributed by atoms with van der Waals surface area (Å²) in [5.41, 5.74) is 0. The van der Waals surface area contributed by atoms with E-state index in [0.717, 1.165) is 0 Å². The first-order valence-corrected chi connectivity index (χ1v) is 6.82. The number of thiocarbonyl (C=S) groups is 1. The lowest BCUT2D eigenvalue weighted by Crippen LogP contribution is -2.58. The lowest BCUT2D eigenvalue weighted by atomic mass is 10.4. The quantitative estimate of drug-likeness (QED) is 0.449. The van der Waals surface area contributed by atoms with Crippen molar-refractivity contribution in [1.29, 1.82) is 0 Å². The highest BCUT2D eigenvalue weighted by Crippen LogP contribution is 2.29. The number of carbonyl (C=O) groups excluding carboxylic acids is 1. The molecule has 1 aliphatic rings. The second-order valence-electron chi connectivity index (χ2n) is 3.72. The van der Waals surface area contributed by atoms with Crippen LogP contribution in [0.15, 0.2) is 0 Å². The summed E-state index contributed by atoms with van der Waals surface area (Å²) in [4.78, 5) is 12.9. The Balaban J connectivity index is 2.59. The van der Waals surface area contributed by atoms with Crippen molar-refractivity contribution in [1.82, 2.24) is 15.5 Å². The molecule has 1 saturated heterocycles. The standard InChI is InChI=1S/C9H14Cl3N3O2S/c1-6(16)13-7(9(10,11)12)14-8(18)15-2-4-17-5-3-15/h7H,2-5H2,1H3,(H,13,16)(H,14,18)/t7-/m1/s1. The molecule has 0 aromatic carbocycles. The fourth-order valence-electron chi connectivity index (χ4n) is 1.38. The molecule has 0 aliphatic carbocycles. The lowest BCUT2D eigenvalue weighted by Gasteiger charge is -2.33. The third-order valence-electron chi connectivity index (χ3n) is 2.24. The number of amides is 1. The van der Waals surface area contributed by atoms with Gasteiger partial charge in [-0.2, -0.15) is 0 Å². The molecule has 1 fully saturated rings. The summed E-state index contributed by atoms with van der Waals surface area (Å²) in [5.74, 6) is -0.316. The van der Waals surface area contributed by atoms with E-state index in [9.17, 15) is 4.79 Å². The van der Waals surface area contributed by atoms with Crippen molar-refractivity contribution in [2.75, 3.05) is 26.3 Å². The second kappa shape index (κ2) is 6.96. The molecule has 0 radical (unpaired) electrons. The third-order valence-corrected chi connectivity index (χ3v) is 3.27. The topological polar surface area (TPSA) is 53.6 Å². The van der Waals surface area contributed by atoms with Crippen LogP contribution in [0.5, 0.6) is 0 Å². The molecular weight excluding hydrogens is 321 g/mol. The Morgan fingerprint density at radius 2 is 1.89 bits per heavy atom. The van der Waals surface area contributed by atoms with Gasteiger partial charge in [0.1, 0.15) is 6.17 Å². The van der Waals surface area contributed by atoms with Crippen molar-refractivity contribution in [2.45, 2.75) is 16.9 Å². The van der Waals surface area contributed by atoms with Crippen molar-refractivity contribution in [3.05, 3.63) is 0 Å². The zero-order valence-electron chi connectivity index (χ0n) is 9.71. The summed E-state index contributed by atoms with van der Waals surface area (Å²) >= 11 is 22.5. The normalized spacial score (nSPS) is 18.1. The number of carbonyl (C=O) groups is 1. The van der Waals surface area contributed by atoms with Gasteiger partial charge in [0.15, 0.2) is 5.11 Å². The Kier molecular flexibility index (Phi) is 6.20. The third kappa shape index (κ3) is 5.32. The van der Waals surface area contributed by atoms with E-state index in [1.165, 1.54) is 6.92 Å². The monoisotopic (exact) mass is 333 g/mol. The van der Waals surface area contributed by atoms with E-state index in [1.54, 1.807) is 0 Å². The minimum atomic E-state index is -1.69. The molecule has 1 rings (SSSR count). The van der Waals surface area contributed by atoms with Gasteiger partial charge in [0.2, 0.25) is 9.70 Å². The highest BCUT2D eigenvalue weighted by Gasteiger charge is 2.34. The van der Waals surface area contributed by atoms with Crippen LogP contribution in [0.3, 0.4) is 0 Å². The summed E-state index contributed by atoms with van der Waals surface area (Å²) < 4.78 is 3.52. The number of nitrogens with zero attached hydrogens (tertiary/aromatic N) is 1. The Hall–Kier alpha value is -0.0100. The molecule has 2 N–H and O–H groups in total. The van der Waals surface area contributed by atoms with Gasteiger partial charge in [0.25, 0.3) is 0 Å². The maximum absolute atomic E-state index is 11.1. The molecule has 0 bridgehead atoms. The van der Waals surface area contributed by atoms with Crippen LogP contribution in [-0.4, -0.2) is 52.2 Å². The molecule has 0 aromatic heterocycles. The molecule has 104 valence electrons. The van der Waals surface area contributed by atoms with Crippen LogP contribution in [0.1, 0.15) is 6.92 Å². The summed E-state index contributed by atoms with van der Waals surface area (Å²) in [6.45, 7) is 3.86. The highest BCUT2D eigenvalue weighted by atomic mass is 35.6. The molecule has 1 aliphatic heterocycles. The van der Waals surface area contributed by atoms with Crippen molar-refractivity contribution in [3.63, 3.8) is 0 Å². The van der Waals surface area contributed by atoms with Gasteiger partial charge >= 0.3 is 0 Å². The minimum Gasteiger partial charge on any atom is -0.378 e. The van der Waals surface area contributed by atoms with E-state index in [1.807, 2.05) is 4.90 Å². The molecule has 1 amide bonds. The van der Waals surface area contributed by atoms with Crippen LogP contribution in [0, 0.1) is 0 Å². The van der Waals surface area contributed by atoms with E-state index in [-0.39, 0.29) is 5.91 Å². The maximum atomic E-state index is 11.1. The summed E-state index contributed by atoms with van der Waals surface area (Å²) in [6, 6.07) is 0.